The maximum Gasteiger partial charge on any atom is -0.0348 e. The summed E-state index contributed by atoms with van der Waals surface area (Å²) >= 11 is 0. The molecule has 1 aliphatic carbocycles. The van der Waals surface area contributed by atoms with Gasteiger partial charge < -0.3 is 0 Å². The van der Waals surface area contributed by atoms with Crippen LogP contribution in [0.5, 0.6) is 0 Å². The second-order valence-corrected chi connectivity index (χ2v) is 4.48. The van der Waals surface area contributed by atoms with Gasteiger partial charge in [-0.05, 0) is 43.9 Å². The fourth-order valence-corrected chi connectivity index (χ4v) is 2.14. The van der Waals surface area contributed by atoms with Crippen LogP contribution in [-0.2, 0) is 0 Å². The number of hydrogen-bond acceptors (Lipinski definition) is 0. The minimum absolute atomic E-state index is 0.887. The first kappa shape index (κ1) is 9.83. The molecule has 0 aromatic carbocycles. The van der Waals surface area contributed by atoms with E-state index < -0.39 is 0 Å². The van der Waals surface area contributed by atoms with Gasteiger partial charge in [-0.15, -0.1) is 0 Å². The van der Waals surface area contributed by atoms with E-state index in [2.05, 4.69) is 26.0 Å². The van der Waals surface area contributed by atoms with Gasteiger partial charge in [0.25, 0.3) is 0 Å². The Morgan fingerprint density at radius 3 is 2.67 bits per heavy atom. The fourth-order valence-electron chi connectivity index (χ4n) is 2.14. The summed E-state index contributed by atoms with van der Waals surface area (Å²) in [5.74, 6) is 1.90. The molecule has 1 aliphatic rings. The Morgan fingerprint density at radius 2 is 1.92 bits per heavy atom. The molecule has 0 aromatic rings. The fraction of sp³-hybridized carbons (Fsp3) is 0.833. The summed E-state index contributed by atoms with van der Waals surface area (Å²) in [6.45, 7) is 4.68. The summed E-state index contributed by atoms with van der Waals surface area (Å²) in [4.78, 5) is 0. The van der Waals surface area contributed by atoms with Crippen molar-refractivity contribution in [3.63, 3.8) is 0 Å². The van der Waals surface area contributed by atoms with Crippen molar-refractivity contribution in [2.45, 2.75) is 52.4 Å². The van der Waals surface area contributed by atoms with Gasteiger partial charge in [-0.3, -0.25) is 0 Å². The molecule has 0 N–H and O–H groups in total. The Morgan fingerprint density at radius 1 is 1.17 bits per heavy atom. The zero-order valence-electron chi connectivity index (χ0n) is 8.55. The standard InChI is InChI=1S/C12H22/c1-11(2)10-12-8-6-4-3-5-7-9-12/h3-4,11-12H,5-10H2,1-2H3/b4-3+. The van der Waals surface area contributed by atoms with Gasteiger partial charge in [0.15, 0.2) is 0 Å². The Balaban J connectivity index is 2.27. The Labute approximate surface area is 77.1 Å². The minimum Gasteiger partial charge on any atom is -0.0885 e. The first-order valence-electron chi connectivity index (χ1n) is 5.44. The van der Waals surface area contributed by atoms with Crippen LogP contribution in [0.25, 0.3) is 0 Å². The lowest BCUT2D eigenvalue weighted by Gasteiger charge is -2.19. The first-order chi connectivity index (χ1) is 5.79. The van der Waals surface area contributed by atoms with Crippen LogP contribution < -0.4 is 0 Å². The van der Waals surface area contributed by atoms with Crippen molar-refractivity contribution in [3.8, 4) is 0 Å². The molecule has 70 valence electrons. The SMILES string of the molecule is CC(C)CC1CC/C=C/CCC1. The van der Waals surface area contributed by atoms with Gasteiger partial charge in [-0.25, -0.2) is 0 Å². The molecular formula is C12H22. The van der Waals surface area contributed by atoms with Gasteiger partial charge in [0, 0.05) is 0 Å². The molecule has 1 unspecified atom stereocenters. The zero-order chi connectivity index (χ0) is 8.81. The van der Waals surface area contributed by atoms with E-state index in [0.29, 0.717) is 0 Å². The third-order valence-electron chi connectivity index (χ3n) is 2.70. The Kier molecular flexibility index (Phi) is 4.42. The molecule has 0 bridgehead atoms. The summed E-state index contributed by atoms with van der Waals surface area (Å²) < 4.78 is 0. The molecule has 1 rings (SSSR count). The van der Waals surface area contributed by atoms with E-state index in [1.807, 2.05) is 0 Å². The lowest BCUT2D eigenvalue weighted by molar-refractivity contribution is 0.356. The van der Waals surface area contributed by atoms with Crippen LogP contribution in [0, 0.1) is 11.8 Å². The van der Waals surface area contributed by atoms with Crippen LogP contribution in [0.2, 0.25) is 0 Å². The van der Waals surface area contributed by atoms with Crippen molar-refractivity contribution in [1.82, 2.24) is 0 Å². The molecule has 0 heteroatoms. The average molecular weight is 166 g/mol. The monoisotopic (exact) mass is 166 g/mol. The van der Waals surface area contributed by atoms with E-state index in [-0.39, 0.29) is 0 Å². The van der Waals surface area contributed by atoms with Gasteiger partial charge in [0.1, 0.15) is 0 Å². The largest absolute Gasteiger partial charge is 0.0885 e. The maximum absolute atomic E-state index is 2.37. The van der Waals surface area contributed by atoms with Gasteiger partial charge in [0.2, 0.25) is 0 Å². The topological polar surface area (TPSA) is 0 Å². The highest BCUT2D eigenvalue weighted by molar-refractivity contribution is 4.85. The van der Waals surface area contributed by atoms with Crippen molar-refractivity contribution in [1.29, 1.82) is 0 Å². The molecule has 0 heterocycles. The molecule has 0 saturated heterocycles. The van der Waals surface area contributed by atoms with Crippen LogP contribution >= 0.6 is 0 Å². The third kappa shape index (κ3) is 3.94. The van der Waals surface area contributed by atoms with Crippen molar-refractivity contribution in [3.05, 3.63) is 12.2 Å². The van der Waals surface area contributed by atoms with Gasteiger partial charge in [-0.1, -0.05) is 32.4 Å². The highest BCUT2D eigenvalue weighted by atomic mass is 14.2. The lowest BCUT2D eigenvalue weighted by atomic mass is 9.87. The summed E-state index contributed by atoms with van der Waals surface area (Å²) in [6.07, 6.45) is 13.1. The van der Waals surface area contributed by atoms with Crippen LogP contribution in [0.3, 0.4) is 0 Å². The van der Waals surface area contributed by atoms with Crippen LogP contribution in [0.4, 0.5) is 0 Å². The van der Waals surface area contributed by atoms with Crippen LogP contribution in [0.1, 0.15) is 52.4 Å². The molecular weight excluding hydrogens is 144 g/mol. The van der Waals surface area contributed by atoms with Crippen molar-refractivity contribution in [2.75, 3.05) is 0 Å². The summed E-state index contributed by atoms with van der Waals surface area (Å²) in [5, 5.41) is 0. The van der Waals surface area contributed by atoms with E-state index in [0.717, 1.165) is 11.8 Å². The second kappa shape index (κ2) is 5.40. The lowest BCUT2D eigenvalue weighted by Crippen LogP contribution is -2.05. The van der Waals surface area contributed by atoms with E-state index in [1.165, 1.54) is 38.5 Å². The predicted octanol–water partition coefficient (Wildman–Crippen LogP) is 4.17. The summed E-state index contributed by atoms with van der Waals surface area (Å²) in [7, 11) is 0. The molecule has 0 aliphatic heterocycles. The summed E-state index contributed by atoms with van der Waals surface area (Å²) in [5.41, 5.74) is 0. The van der Waals surface area contributed by atoms with Gasteiger partial charge in [-0.2, -0.15) is 0 Å². The van der Waals surface area contributed by atoms with E-state index >= 15 is 0 Å². The predicted molar refractivity (Wildman–Crippen MR) is 55.2 cm³/mol. The molecule has 0 spiro atoms. The maximum atomic E-state index is 2.37. The van der Waals surface area contributed by atoms with Crippen LogP contribution in [0.15, 0.2) is 12.2 Å². The van der Waals surface area contributed by atoms with Crippen LogP contribution in [-0.4, -0.2) is 0 Å². The minimum atomic E-state index is 0.887. The summed E-state index contributed by atoms with van der Waals surface area (Å²) in [6, 6.07) is 0. The number of rotatable bonds is 2. The molecule has 0 fully saturated rings. The highest BCUT2D eigenvalue weighted by Crippen LogP contribution is 2.24. The molecule has 1 atom stereocenters. The number of hydrogen-bond donors (Lipinski definition) is 0. The Bertz CT molecular complexity index is 133. The zero-order valence-corrected chi connectivity index (χ0v) is 8.55. The Hall–Kier alpha value is -0.260. The van der Waals surface area contributed by atoms with E-state index in [9.17, 15) is 0 Å². The van der Waals surface area contributed by atoms with E-state index in [4.69, 9.17) is 0 Å². The first-order valence-corrected chi connectivity index (χ1v) is 5.44. The number of allylic oxidation sites excluding steroid dienone is 2. The van der Waals surface area contributed by atoms with Crippen molar-refractivity contribution < 1.29 is 0 Å². The average Bonchev–Trinajstić information content (AvgIpc) is 1.93. The highest BCUT2D eigenvalue weighted by Gasteiger charge is 2.10. The quantitative estimate of drug-likeness (QED) is 0.540. The molecule has 0 amide bonds. The van der Waals surface area contributed by atoms with Gasteiger partial charge >= 0.3 is 0 Å². The second-order valence-electron chi connectivity index (χ2n) is 4.48. The van der Waals surface area contributed by atoms with Gasteiger partial charge in [0.05, 0.1) is 0 Å². The van der Waals surface area contributed by atoms with Crippen molar-refractivity contribution in [2.24, 2.45) is 11.8 Å². The molecule has 0 aromatic heterocycles. The molecule has 0 radical (unpaired) electrons. The third-order valence-corrected chi connectivity index (χ3v) is 2.70. The normalized spacial score (nSPS) is 28.1. The van der Waals surface area contributed by atoms with Crippen molar-refractivity contribution >= 4 is 0 Å². The molecule has 0 nitrogen and oxygen atoms in total. The molecule has 12 heavy (non-hydrogen) atoms. The smallest absolute Gasteiger partial charge is 0.0348 e. The van der Waals surface area contributed by atoms with E-state index in [1.54, 1.807) is 0 Å². The molecule has 0 saturated carbocycles.